The first kappa shape index (κ1) is 16.1. The van der Waals surface area contributed by atoms with Gasteiger partial charge in [-0.05, 0) is 24.6 Å². The Morgan fingerprint density at radius 3 is 2.73 bits per heavy atom. The van der Waals surface area contributed by atoms with Crippen molar-refractivity contribution in [1.82, 2.24) is 9.97 Å². The van der Waals surface area contributed by atoms with Crippen molar-refractivity contribution in [1.29, 1.82) is 0 Å². The third-order valence-corrected chi connectivity index (χ3v) is 4.18. The summed E-state index contributed by atoms with van der Waals surface area (Å²) in [6, 6.07) is 19.3. The second-order valence-electron chi connectivity index (χ2n) is 6.12. The fraction of sp³-hybridized carbons (Fsp3) is 0.150. The van der Waals surface area contributed by atoms with Crippen LogP contribution < -0.4 is 15.7 Å². The van der Waals surface area contributed by atoms with E-state index in [9.17, 15) is 4.79 Å². The van der Waals surface area contributed by atoms with E-state index in [-0.39, 0.29) is 11.7 Å². The number of H-pyrrole nitrogens is 1. The number of hydrogen-bond donors (Lipinski definition) is 2. The van der Waals surface area contributed by atoms with E-state index in [1.807, 2.05) is 54.6 Å². The summed E-state index contributed by atoms with van der Waals surface area (Å²) >= 11 is 0. The van der Waals surface area contributed by atoms with Gasteiger partial charge in [-0.25, -0.2) is 10.4 Å². The van der Waals surface area contributed by atoms with E-state index in [4.69, 9.17) is 4.74 Å². The van der Waals surface area contributed by atoms with E-state index in [1.54, 1.807) is 6.92 Å². The molecule has 6 nitrogen and oxygen atoms in total. The van der Waals surface area contributed by atoms with Crippen molar-refractivity contribution in [2.45, 2.75) is 19.4 Å². The van der Waals surface area contributed by atoms with Crippen LogP contribution in [0.5, 0.6) is 5.75 Å². The Labute approximate surface area is 150 Å². The lowest BCUT2D eigenvalue weighted by Crippen LogP contribution is -2.22. The lowest BCUT2D eigenvalue weighted by atomic mass is 9.96. The number of benzene rings is 2. The van der Waals surface area contributed by atoms with Gasteiger partial charge in [0.2, 0.25) is 5.95 Å². The topological polar surface area (TPSA) is 79.4 Å². The molecule has 0 spiro atoms. The summed E-state index contributed by atoms with van der Waals surface area (Å²) in [5.41, 5.74) is 6.17. The molecule has 0 radical (unpaired) electrons. The molecule has 1 atom stereocenters. The predicted molar refractivity (Wildman–Crippen MR) is 101 cm³/mol. The first-order valence-electron chi connectivity index (χ1n) is 8.40. The highest BCUT2D eigenvalue weighted by Gasteiger charge is 2.26. The van der Waals surface area contributed by atoms with Crippen LogP contribution >= 0.6 is 0 Å². The van der Waals surface area contributed by atoms with Crippen molar-refractivity contribution >= 4 is 11.7 Å². The largest absolute Gasteiger partial charge is 0.485 e. The minimum absolute atomic E-state index is 0.115. The average molecular weight is 346 g/mol. The number of ether oxygens (including phenoxy) is 1. The third-order valence-electron chi connectivity index (χ3n) is 4.18. The van der Waals surface area contributed by atoms with Crippen LogP contribution in [0.15, 0.2) is 70.6 Å². The summed E-state index contributed by atoms with van der Waals surface area (Å²) in [6.07, 6.45) is 0.500. The van der Waals surface area contributed by atoms with Crippen LogP contribution in [0.3, 0.4) is 0 Å². The van der Waals surface area contributed by atoms with Gasteiger partial charge in [0, 0.05) is 23.7 Å². The van der Waals surface area contributed by atoms with Crippen molar-refractivity contribution < 1.29 is 4.74 Å². The second kappa shape index (κ2) is 6.84. The highest BCUT2D eigenvalue weighted by atomic mass is 16.5. The first-order chi connectivity index (χ1) is 12.7. The van der Waals surface area contributed by atoms with Crippen LogP contribution in [0.1, 0.15) is 29.3 Å². The minimum Gasteiger partial charge on any atom is -0.485 e. The van der Waals surface area contributed by atoms with Crippen molar-refractivity contribution in [2.24, 2.45) is 5.10 Å². The van der Waals surface area contributed by atoms with E-state index in [0.29, 0.717) is 18.1 Å². The zero-order chi connectivity index (χ0) is 17.9. The molecule has 0 aliphatic carbocycles. The lowest BCUT2D eigenvalue weighted by molar-refractivity contribution is 0.206. The molecule has 2 N–H and O–H groups in total. The van der Waals surface area contributed by atoms with Crippen molar-refractivity contribution in [3.8, 4) is 5.75 Å². The number of aromatic amines is 1. The van der Waals surface area contributed by atoms with E-state index < -0.39 is 0 Å². The van der Waals surface area contributed by atoms with Crippen LogP contribution in [-0.4, -0.2) is 15.7 Å². The van der Waals surface area contributed by atoms with Crippen LogP contribution in [0, 0.1) is 6.92 Å². The summed E-state index contributed by atoms with van der Waals surface area (Å²) in [6.45, 7) is 1.77. The molecule has 4 rings (SSSR count). The molecule has 3 aromatic rings. The molecule has 1 aromatic heterocycles. The number of aryl methyl sites for hydroxylation is 1. The van der Waals surface area contributed by atoms with Crippen LogP contribution in [0.2, 0.25) is 0 Å². The fourth-order valence-electron chi connectivity index (χ4n) is 3.00. The van der Waals surface area contributed by atoms with Gasteiger partial charge in [0.15, 0.2) is 0 Å². The number of nitrogens with one attached hydrogen (secondary N) is 2. The van der Waals surface area contributed by atoms with E-state index in [0.717, 1.165) is 22.6 Å². The molecule has 0 bridgehead atoms. The Hall–Kier alpha value is -3.41. The van der Waals surface area contributed by atoms with Gasteiger partial charge in [-0.1, -0.05) is 42.5 Å². The normalized spacial score (nSPS) is 17.4. The van der Waals surface area contributed by atoms with E-state index in [1.165, 1.54) is 6.07 Å². The molecule has 6 heteroatoms. The SMILES string of the molecule is Cc1cc(=O)[nH]c(NN=C2C[C@H](c3ccccc3)Oc3ccccc32)n1. The van der Waals surface area contributed by atoms with Gasteiger partial charge in [-0.2, -0.15) is 5.10 Å². The van der Waals surface area contributed by atoms with Crippen molar-refractivity contribution in [2.75, 3.05) is 5.43 Å². The molecule has 2 heterocycles. The Bertz CT molecular complexity index is 1010. The zero-order valence-electron chi connectivity index (χ0n) is 14.3. The molecule has 0 saturated heterocycles. The molecular formula is C20H18N4O2. The number of hydrazone groups is 1. The van der Waals surface area contributed by atoms with Gasteiger partial charge in [0.05, 0.1) is 5.71 Å². The summed E-state index contributed by atoms with van der Waals surface area (Å²) < 4.78 is 6.16. The van der Waals surface area contributed by atoms with Crippen LogP contribution in [0.25, 0.3) is 0 Å². The van der Waals surface area contributed by atoms with Gasteiger partial charge < -0.3 is 4.74 Å². The maximum Gasteiger partial charge on any atom is 0.252 e. The molecule has 1 aliphatic rings. The van der Waals surface area contributed by atoms with Crippen LogP contribution in [0.4, 0.5) is 5.95 Å². The summed E-state index contributed by atoms with van der Waals surface area (Å²) in [5.74, 6) is 1.11. The molecule has 0 fully saturated rings. The van der Waals surface area contributed by atoms with E-state index >= 15 is 0 Å². The average Bonchev–Trinajstić information content (AvgIpc) is 2.66. The number of nitrogens with zero attached hydrogens (tertiary/aromatic N) is 2. The number of para-hydroxylation sites is 1. The number of aromatic nitrogens is 2. The molecule has 2 aromatic carbocycles. The smallest absolute Gasteiger partial charge is 0.252 e. The lowest BCUT2D eigenvalue weighted by Gasteiger charge is -2.27. The first-order valence-corrected chi connectivity index (χ1v) is 8.40. The fourth-order valence-corrected chi connectivity index (χ4v) is 3.00. The van der Waals surface area contributed by atoms with Gasteiger partial charge in [-0.3, -0.25) is 9.78 Å². The molecule has 1 aliphatic heterocycles. The Balaban J connectivity index is 1.68. The Morgan fingerprint density at radius 2 is 1.92 bits per heavy atom. The summed E-state index contributed by atoms with van der Waals surface area (Å²) in [4.78, 5) is 18.5. The van der Waals surface area contributed by atoms with Crippen molar-refractivity contribution in [3.05, 3.63) is 87.8 Å². The maximum atomic E-state index is 11.6. The minimum atomic E-state index is -0.213. The molecule has 26 heavy (non-hydrogen) atoms. The standard InChI is InChI=1S/C20H18N4O2/c1-13-11-19(25)22-20(21-13)24-23-16-12-18(14-7-3-2-4-8-14)26-17-10-6-5-9-15(16)17/h2-11,18H,12H2,1H3,(H2,21,22,24,25)/t18-/m1/s1. The van der Waals surface area contributed by atoms with Gasteiger partial charge in [-0.15, -0.1) is 0 Å². The monoisotopic (exact) mass is 346 g/mol. The second-order valence-corrected chi connectivity index (χ2v) is 6.12. The Morgan fingerprint density at radius 1 is 1.15 bits per heavy atom. The van der Waals surface area contributed by atoms with Gasteiger partial charge in [0.1, 0.15) is 11.9 Å². The summed E-state index contributed by atoms with van der Waals surface area (Å²) in [7, 11) is 0. The van der Waals surface area contributed by atoms with Crippen LogP contribution in [-0.2, 0) is 0 Å². The zero-order valence-corrected chi connectivity index (χ0v) is 14.3. The van der Waals surface area contributed by atoms with Gasteiger partial charge >= 0.3 is 0 Å². The number of hydrogen-bond acceptors (Lipinski definition) is 5. The number of rotatable bonds is 3. The highest BCUT2D eigenvalue weighted by Crippen LogP contribution is 2.35. The summed E-state index contributed by atoms with van der Waals surface area (Å²) in [5, 5.41) is 4.51. The number of anilines is 1. The third kappa shape index (κ3) is 3.35. The number of fused-ring (bicyclic) bond motifs is 1. The molecule has 0 unspecified atom stereocenters. The maximum absolute atomic E-state index is 11.6. The molecule has 0 amide bonds. The van der Waals surface area contributed by atoms with E-state index in [2.05, 4.69) is 20.5 Å². The highest BCUT2D eigenvalue weighted by molar-refractivity contribution is 6.04. The molecular weight excluding hydrogens is 328 g/mol. The van der Waals surface area contributed by atoms with Crippen molar-refractivity contribution in [3.63, 3.8) is 0 Å². The molecule has 130 valence electrons. The quantitative estimate of drug-likeness (QED) is 0.712. The predicted octanol–water partition coefficient (Wildman–Crippen LogP) is 3.42. The van der Waals surface area contributed by atoms with Gasteiger partial charge in [0.25, 0.3) is 5.56 Å². The Kier molecular flexibility index (Phi) is 4.23. The molecule has 0 saturated carbocycles.